The first kappa shape index (κ1) is 15.6. The van der Waals surface area contributed by atoms with E-state index in [-0.39, 0.29) is 11.6 Å². The molecule has 104 valence electrons. The highest BCUT2D eigenvalue weighted by Crippen LogP contribution is 2.29. The molecule has 1 aromatic carbocycles. The third-order valence-corrected chi connectivity index (χ3v) is 3.30. The van der Waals surface area contributed by atoms with Gasteiger partial charge >= 0.3 is 12.0 Å². The van der Waals surface area contributed by atoms with Gasteiger partial charge in [-0.2, -0.15) is 0 Å². The fourth-order valence-electron chi connectivity index (χ4n) is 1.29. The number of amides is 2. The lowest BCUT2D eigenvalue weighted by Crippen LogP contribution is -2.31. The van der Waals surface area contributed by atoms with Crippen LogP contribution in [0.5, 0.6) is 0 Å². The zero-order valence-electron chi connectivity index (χ0n) is 10.2. The molecule has 0 bridgehead atoms. The zero-order valence-corrected chi connectivity index (χ0v) is 11.8. The van der Waals surface area contributed by atoms with E-state index in [4.69, 9.17) is 28.3 Å². The van der Waals surface area contributed by atoms with Crippen LogP contribution in [-0.2, 0) is 4.79 Å². The molecule has 19 heavy (non-hydrogen) atoms. The standard InChI is InChI=1S/C12H14Cl2N2O3/c1-7(11(17)18)5-6-15-12(19)16-9-4-2-3-8(13)10(9)14/h2-4,7H,5-6H2,1H3,(H,17,18)(H2,15,16,19). The van der Waals surface area contributed by atoms with Gasteiger partial charge in [0.1, 0.15) is 0 Å². The fourth-order valence-corrected chi connectivity index (χ4v) is 1.64. The summed E-state index contributed by atoms with van der Waals surface area (Å²) in [4.78, 5) is 22.1. The highest BCUT2D eigenvalue weighted by Gasteiger charge is 2.11. The van der Waals surface area contributed by atoms with E-state index in [1.165, 1.54) is 0 Å². The van der Waals surface area contributed by atoms with Crippen LogP contribution < -0.4 is 10.6 Å². The number of hydrogen-bond donors (Lipinski definition) is 3. The summed E-state index contributed by atoms with van der Waals surface area (Å²) in [6, 6.07) is 4.44. The molecule has 0 aliphatic rings. The Morgan fingerprint density at radius 1 is 1.37 bits per heavy atom. The number of aliphatic carboxylic acids is 1. The summed E-state index contributed by atoms with van der Waals surface area (Å²) in [5.74, 6) is -1.39. The van der Waals surface area contributed by atoms with Gasteiger partial charge in [-0.1, -0.05) is 36.2 Å². The maximum absolute atomic E-state index is 11.6. The first-order valence-corrected chi connectivity index (χ1v) is 6.39. The zero-order chi connectivity index (χ0) is 14.4. The molecule has 0 radical (unpaired) electrons. The molecule has 0 saturated heterocycles. The monoisotopic (exact) mass is 304 g/mol. The Labute approximate surface area is 120 Å². The van der Waals surface area contributed by atoms with E-state index >= 15 is 0 Å². The van der Waals surface area contributed by atoms with E-state index in [2.05, 4.69) is 10.6 Å². The van der Waals surface area contributed by atoms with Crippen molar-refractivity contribution in [2.45, 2.75) is 13.3 Å². The second kappa shape index (κ2) is 7.21. The Hall–Kier alpha value is -1.46. The van der Waals surface area contributed by atoms with Gasteiger partial charge < -0.3 is 15.7 Å². The Bertz CT molecular complexity index is 480. The second-order valence-electron chi connectivity index (χ2n) is 4.01. The van der Waals surface area contributed by atoms with Crippen LogP contribution in [0.15, 0.2) is 18.2 Å². The van der Waals surface area contributed by atoms with Crippen LogP contribution in [0.2, 0.25) is 10.0 Å². The van der Waals surface area contributed by atoms with Crippen molar-refractivity contribution < 1.29 is 14.7 Å². The SMILES string of the molecule is CC(CCNC(=O)Nc1cccc(Cl)c1Cl)C(=O)O. The average Bonchev–Trinajstić information content (AvgIpc) is 2.34. The lowest BCUT2D eigenvalue weighted by atomic mass is 10.1. The number of hydrogen-bond acceptors (Lipinski definition) is 2. The highest BCUT2D eigenvalue weighted by atomic mass is 35.5. The molecule has 5 nitrogen and oxygen atoms in total. The van der Waals surface area contributed by atoms with Gasteiger partial charge in [0.25, 0.3) is 0 Å². The Morgan fingerprint density at radius 2 is 2.05 bits per heavy atom. The van der Waals surface area contributed by atoms with Gasteiger partial charge in [0.2, 0.25) is 0 Å². The Kier molecular flexibility index (Phi) is 5.92. The summed E-state index contributed by atoms with van der Waals surface area (Å²) < 4.78 is 0. The van der Waals surface area contributed by atoms with Gasteiger partial charge in [-0.3, -0.25) is 4.79 Å². The Morgan fingerprint density at radius 3 is 2.68 bits per heavy atom. The van der Waals surface area contributed by atoms with Gasteiger partial charge in [0.15, 0.2) is 0 Å². The number of anilines is 1. The summed E-state index contributed by atoms with van der Waals surface area (Å²) in [5.41, 5.74) is 0.401. The van der Waals surface area contributed by atoms with Gasteiger partial charge in [0, 0.05) is 6.54 Å². The second-order valence-corrected chi connectivity index (χ2v) is 4.80. The van der Waals surface area contributed by atoms with Gasteiger partial charge in [0.05, 0.1) is 21.7 Å². The quantitative estimate of drug-likeness (QED) is 0.781. The maximum Gasteiger partial charge on any atom is 0.319 e. The minimum atomic E-state index is -0.889. The Balaban J connectivity index is 2.43. The molecule has 1 atom stereocenters. The normalized spacial score (nSPS) is 11.7. The van der Waals surface area contributed by atoms with Crippen molar-refractivity contribution in [3.8, 4) is 0 Å². The minimum Gasteiger partial charge on any atom is -0.481 e. The average molecular weight is 305 g/mol. The molecule has 1 aromatic rings. The van der Waals surface area contributed by atoms with E-state index in [0.717, 1.165) is 0 Å². The van der Waals surface area contributed by atoms with Crippen LogP contribution in [0.4, 0.5) is 10.5 Å². The largest absolute Gasteiger partial charge is 0.481 e. The molecule has 0 aliphatic carbocycles. The number of rotatable bonds is 5. The van der Waals surface area contributed by atoms with Crippen molar-refractivity contribution in [3.05, 3.63) is 28.2 Å². The van der Waals surface area contributed by atoms with Crippen molar-refractivity contribution in [2.75, 3.05) is 11.9 Å². The van der Waals surface area contributed by atoms with Crippen LogP contribution in [0, 0.1) is 5.92 Å². The van der Waals surface area contributed by atoms with E-state index in [0.29, 0.717) is 17.1 Å². The van der Waals surface area contributed by atoms with E-state index in [9.17, 15) is 9.59 Å². The topological polar surface area (TPSA) is 78.4 Å². The molecule has 1 rings (SSSR count). The molecule has 0 fully saturated rings. The van der Waals surface area contributed by atoms with Crippen molar-refractivity contribution in [1.29, 1.82) is 0 Å². The molecular weight excluding hydrogens is 291 g/mol. The summed E-state index contributed by atoms with van der Waals surface area (Å²) in [7, 11) is 0. The molecule has 1 unspecified atom stereocenters. The number of carbonyl (C=O) groups is 2. The molecule has 3 N–H and O–H groups in total. The van der Waals surface area contributed by atoms with Crippen LogP contribution in [-0.4, -0.2) is 23.7 Å². The lowest BCUT2D eigenvalue weighted by molar-refractivity contribution is -0.141. The summed E-state index contributed by atoms with van der Waals surface area (Å²) in [5, 5.41) is 14.4. The molecular formula is C12H14Cl2N2O3. The number of nitrogens with one attached hydrogen (secondary N) is 2. The number of urea groups is 1. The number of carboxylic acid groups (broad SMARTS) is 1. The molecule has 0 spiro atoms. The van der Waals surface area contributed by atoms with Crippen LogP contribution >= 0.6 is 23.2 Å². The highest BCUT2D eigenvalue weighted by molar-refractivity contribution is 6.43. The van der Waals surface area contributed by atoms with Gasteiger partial charge in [-0.15, -0.1) is 0 Å². The van der Waals surface area contributed by atoms with Gasteiger partial charge in [-0.25, -0.2) is 4.79 Å². The number of benzene rings is 1. The third-order valence-electron chi connectivity index (χ3n) is 2.48. The van der Waals surface area contributed by atoms with E-state index in [1.807, 2.05) is 0 Å². The lowest BCUT2D eigenvalue weighted by Gasteiger charge is -2.10. The van der Waals surface area contributed by atoms with Crippen molar-refractivity contribution in [3.63, 3.8) is 0 Å². The van der Waals surface area contributed by atoms with Crippen molar-refractivity contribution in [1.82, 2.24) is 5.32 Å². The minimum absolute atomic E-state index is 0.261. The number of carbonyl (C=O) groups excluding carboxylic acids is 1. The smallest absolute Gasteiger partial charge is 0.319 e. The molecule has 7 heteroatoms. The molecule has 0 aliphatic heterocycles. The van der Waals surface area contributed by atoms with Crippen LogP contribution in [0.3, 0.4) is 0 Å². The number of carboxylic acids is 1. The summed E-state index contributed by atoms with van der Waals surface area (Å²) in [6.07, 6.45) is 0.353. The number of halogens is 2. The fraction of sp³-hybridized carbons (Fsp3) is 0.333. The van der Waals surface area contributed by atoms with E-state index in [1.54, 1.807) is 25.1 Å². The first-order chi connectivity index (χ1) is 8.91. The van der Waals surface area contributed by atoms with Crippen LogP contribution in [0.25, 0.3) is 0 Å². The molecule has 0 saturated carbocycles. The van der Waals surface area contributed by atoms with Crippen molar-refractivity contribution >= 4 is 40.9 Å². The predicted molar refractivity (Wildman–Crippen MR) is 74.9 cm³/mol. The summed E-state index contributed by atoms with van der Waals surface area (Å²) in [6.45, 7) is 1.84. The molecule has 0 aromatic heterocycles. The first-order valence-electron chi connectivity index (χ1n) is 5.63. The molecule has 0 heterocycles. The van der Waals surface area contributed by atoms with E-state index < -0.39 is 17.9 Å². The van der Waals surface area contributed by atoms with Crippen LogP contribution in [0.1, 0.15) is 13.3 Å². The summed E-state index contributed by atoms with van der Waals surface area (Å²) >= 11 is 11.7. The van der Waals surface area contributed by atoms with Gasteiger partial charge in [-0.05, 0) is 18.6 Å². The molecule has 2 amide bonds. The third kappa shape index (κ3) is 4.96. The van der Waals surface area contributed by atoms with Crippen molar-refractivity contribution in [2.24, 2.45) is 5.92 Å². The predicted octanol–water partition coefficient (Wildman–Crippen LogP) is 3.23. The maximum atomic E-state index is 11.6.